The van der Waals surface area contributed by atoms with Crippen LogP contribution in [0.5, 0.6) is 5.75 Å². The molecule has 2 aliphatic rings. The molecule has 3 amide bonds. The van der Waals surface area contributed by atoms with Gasteiger partial charge in [-0.25, -0.2) is 13.2 Å². The molecule has 4 N–H and O–H groups in total. The molecule has 0 aliphatic carbocycles. The van der Waals surface area contributed by atoms with Crippen molar-refractivity contribution in [3.05, 3.63) is 23.8 Å². The standard InChI is InChI=1S/C16H22N4O5S.ClH/c1-16(14(21)18-15(22)19-16)12-7-11(3-4-13(12)25-2)26(23,24)20-6-5-10(8-17)9-20;/h3-4,7,10H,5-6,8-9,17H2,1-2H3,(H2,18,19,21,22);1H. The number of benzene rings is 1. The van der Waals surface area contributed by atoms with E-state index < -0.39 is 27.5 Å². The summed E-state index contributed by atoms with van der Waals surface area (Å²) in [5, 5.41) is 4.70. The van der Waals surface area contributed by atoms with Crippen molar-refractivity contribution in [1.82, 2.24) is 14.9 Å². The molecule has 0 saturated carbocycles. The molecule has 150 valence electrons. The maximum absolute atomic E-state index is 13.0. The topological polar surface area (TPSA) is 131 Å². The first-order chi connectivity index (χ1) is 12.2. The van der Waals surface area contributed by atoms with Crippen LogP contribution in [0.2, 0.25) is 0 Å². The lowest BCUT2D eigenvalue weighted by atomic mass is 9.91. The van der Waals surface area contributed by atoms with Gasteiger partial charge >= 0.3 is 6.03 Å². The maximum Gasteiger partial charge on any atom is 0.322 e. The molecule has 2 saturated heterocycles. The summed E-state index contributed by atoms with van der Waals surface area (Å²) in [7, 11) is -2.32. The molecular formula is C16H23ClN4O5S. The normalized spacial score (nSPS) is 25.7. The number of sulfonamides is 1. The van der Waals surface area contributed by atoms with E-state index in [2.05, 4.69) is 10.6 Å². The molecule has 0 spiro atoms. The van der Waals surface area contributed by atoms with Crippen LogP contribution in [0.4, 0.5) is 4.79 Å². The van der Waals surface area contributed by atoms with Gasteiger partial charge in [-0.3, -0.25) is 10.1 Å². The fraction of sp³-hybridized carbons (Fsp3) is 0.500. The molecule has 0 bridgehead atoms. The number of hydrogen-bond donors (Lipinski definition) is 3. The number of hydrogen-bond acceptors (Lipinski definition) is 6. The zero-order valence-electron chi connectivity index (χ0n) is 15.0. The Balaban J connectivity index is 0.00000261. The first kappa shape index (κ1) is 21.4. The molecule has 9 nitrogen and oxygen atoms in total. The van der Waals surface area contributed by atoms with Crippen LogP contribution >= 0.6 is 12.4 Å². The van der Waals surface area contributed by atoms with E-state index in [0.29, 0.717) is 25.4 Å². The van der Waals surface area contributed by atoms with Gasteiger partial charge in [-0.15, -0.1) is 12.4 Å². The van der Waals surface area contributed by atoms with Crippen molar-refractivity contribution in [3.63, 3.8) is 0 Å². The van der Waals surface area contributed by atoms with Crippen molar-refractivity contribution < 1.29 is 22.7 Å². The van der Waals surface area contributed by atoms with Crippen molar-refractivity contribution >= 4 is 34.4 Å². The second kappa shape index (κ2) is 7.63. The summed E-state index contributed by atoms with van der Waals surface area (Å²) >= 11 is 0. The number of imide groups is 1. The van der Waals surface area contributed by atoms with Gasteiger partial charge in [0.2, 0.25) is 10.0 Å². The van der Waals surface area contributed by atoms with Crippen LogP contribution in [-0.4, -0.2) is 51.4 Å². The number of urea groups is 1. The highest BCUT2D eigenvalue weighted by Crippen LogP contribution is 2.35. The third kappa shape index (κ3) is 3.62. The van der Waals surface area contributed by atoms with E-state index in [1.165, 1.54) is 36.5 Å². The summed E-state index contributed by atoms with van der Waals surface area (Å²) in [5.41, 5.74) is 4.50. The largest absolute Gasteiger partial charge is 0.496 e. The van der Waals surface area contributed by atoms with Crippen molar-refractivity contribution in [2.24, 2.45) is 11.7 Å². The average molecular weight is 419 g/mol. The van der Waals surface area contributed by atoms with Crippen molar-refractivity contribution in [3.8, 4) is 5.75 Å². The molecule has 2 aliphatic heterocycles. The smallest absolute Gasteiger partial charge is 0.322 e. The lowest BCUT2D eigenvalue weighted by molar-refractivity contribution is -0.123. The molecule has 1 aromatic carbocycles. The molecule has 0 radical (unpaired) electrons. The minimum Gasteiger partial charge on any atom is -0.496 e. The number of carbonyl (C=O) groups excluding carboxylic acids is 2. The van der Waals surface area contributed by atoms with Crippen molar-refractivity contribution in [1.29, 1.82) is 0 Å². The van der Waals surface area contributed by atoms with E-state index in [-0.39, 0.29) is 28.8 Å². The van der Waals surface area contributed by atoms with Gasteiger partial charge in [-0.2, -0.15) is 4.31 Å². The van der Waals surface area contributed by atoms with E-state index in [1.807, 2.05) is 0 Å². The number of halogens is 1. The van der Waals surface area contributed by atoms with Crippen molar-refractivity contribution in [2.45, 2.75) is 23.8 Å². The highest BCUT2D eigenvalue weighted by atomic mass is 35.5. The van der Waals surface area contributed by atoms with Crippen LogP contribution in [0.1, 0.15) is 18.9 Å². The molecule has 2 heterocycles. The molecule has 0 aromatic heterocycles. The lowest BCUT2D eigenvalue weighted by Gasteiger charge is -2.25. The van der Waals surface area contributed by atoms with E-state index in [0.717, 1.165) is 6.42 Å². The Morgan fingerprint density at radius 1 is 1.37 bits per heavy atom. The van der Waals surface area contributed by atoms with Crippen LogP contribution < -0.4 is 21.1 Å². The Morgan fingerprint density at radius 2 is 2.07 bits per heavy atom. The van der Waals surface area contributed by atoms with E-state index >= 15 is 0 Å². The fourth-order valence-electron chi connectivity index (χ4n) is 3.33. The molecule has 3 rings (SSSR count). The summed E-state index contributed by atoms with van der Waals surface area (Å²) in [5.74, 6) is -0.121. The van der Waals surface area contributed by atoms with Gasteiger partial charge in [-0.1, -0.05) is 0 Å². The van der Waals surface area contributed by atoms with E-state index in [4.69, 9.17) is 10.5 Å². The van der Waals surface area contributed by atoms with Gasteiger partial charge in [0.05, 0.1) is 12.0 Å². The molecule has 2 unspecified atom stereocenters. The zero-order valence-corrected chi connectivity index (χ0v) is 16.7. The first-order valence-corrected chi connectivity index (χ1v) is 9.68. The average Bonchev–Trinajstić information content (AvgIpc) is 3.19. The number of nitrogens with zero attached hydrogens (tertiary/aromatic N) is 1. The second-order valence-corrected chi connectivity index (χ2v) is 8.59. The van der Waals surface area contributed by atoms with E-state index in [1.54, 1.807) is 0 Å². The Labute approximate surface area is 164 Å². The van der Waals surface area contributed by atoms with Crippen LogP contribution in [0.25, 0.3) is 0 Å². The Kier molecular flexibility index (Phi) is 6.05. The number of nitrogens with two attached hydrogens (primary N) is 1. The maximum atomic E-state index is 13.0. The minimum absolute atomic E-state index is 0. The number of nitrogens with one attached hydrogen (secondary N) is 2. The lowest BCUT2D eigenvalue weighted by Crippen LogP contribution is -2.41. The summed E-state index contributed by atoms with van der Waals surface area (Å²) in [6.45, 7) is 2.71. The van der Waals surface area contributed by atoms with Gasteiger partial charge < -0.3 is 15.8 Å². The summed E-state index contributed by atoms with van der Waals surface area (Å²) in [6.07, 6.45) is 0.717. The van der Waals surface area contributed by atoms with Crippen molar-refractivity contribution in [2.75, 3.05) is 26.7 Å². The minimum atomic E-state index is -3.74. The number of methoxy groups -OCH3 is 1. The van der Waals surface area contributed by atoms with Crippen LogP contribution in [0.3, 0.4) is 0 Å². The molecule has 27 heavy (non-hydrogen) atoms. The summed E-state index contributed by atoms with van der Waals surface area (Å²) in [4.78, 5) is 23.9. The van der Waals surface area contributed by atoms with E-state index in [9.17, 15) is 18.0 Å². The first-order valence-electron chi connectivity index (χ1n) is 8.24. The monoisotopic (exact) mass is 418 g/mol. The molecular weight excluding hydrogens is 396 g/mol. The molecule has 2 fully saturated rings. The van der Waals surface area contributed by atoms with Crippen LogP contribution in [-0.2, 0) is 20.4 Å². The second-order valence-electron chi connectivity index (χ2n) is 6.65. The number of amides is 3. The molecule has 2 atom stereocenters. The third-order valence-corrected chi connectivity index (χ3v) is 6.84. The van der Waals surface area contributed by atoms with Gasteiger partial charge in [-0.05, 0) is 44.0 Å². The van der Waals surface area contributed by atoms with Gasteiger partial charge in [0.1, 0.15) is 11.3 Å². The molecule has 11 heteroatoms. The highest BCUT2D eigenvalue weighted by molar-refractivity contribution is 7.89. The van der Waals surface area contributed by atoms with Crippen LogP contribution in [0.15, 0.2) is 23.1 Å². The van der Waals surface area contributed by atoms with Crippen LogP contribution in [0, 0.1) is 5.92 Å². The third-order valence-electron chi connectivity index (χ3n) is 4.97. The number of rotatable bonds is 5. The predicted octanol–water partition coefficient (Wildman–Crippen LogP) is 0.141. The predicted molar refractivity (Wildman–Crippen MR) is 100 cm³/mol. The van der Waals surface area contributed by atoms with Gasteiger partial charge in [0, 0.05) is 18.7 Å². The summed E-state index contributed by atoms with van der Waals surface area (Å²) < 4.78 is 32.6. The number of carbonyl (C=O) groups is 2. The fourth-order valence-corrected chi connectivity index (χ4v) is 4.89. The number of ether oxygens (including phenoxy) is 1. The Morgan fingerprint density at radius 3 is 2.59 bits per heavy atom. The Hall–Kier alpha value is -1.88. The SMILES string of the molecule is COc1ccc(S(=O)(=O)N2CCC(CN)C2)cc1C1(C)NC(=O)NC1=O.Cl. The Bertz CT molecular complexity index is 862. The highest BCUT2D eigenvalue weighted by Gasteiger charge is 2.46. The quantitative estimate of drug-likeness (QED) is 0.583. The van der Waals surface area contributed by atoms with Gasteiger partial charge in [0.15, 0.2) is 0 Å². The van der Waals surface area contributed by atoms with Gasteiger partial charge in [0.25, 0.3) is 5.91 Å². The molecule has 1 aromatic rings. The zero-order chi connectivity index (χ0) is 19.1. The summed E-state index contributed by atoms with van der Waals surface area (Å²) in [6, 6.07) is 3.67.